The van der Waals surface area contributed by atoms with Gasteiger partial charge >= 0.3 is 0 Å². The van der Waals surface area contributed by atoms with E-state index in [2.05, 4.69) is 0 Å². The minimum absolute atomic E-state index is 0.00386. The van der Waals surface area contributed by atoms with Gasteiger partial charge in [0.15, 0.2) is 12.6 Å². The summed E-state index contributed by atoms with van der Waals surface area (Å²) in [6.45, 7) is 0.0810. The van der Waals surface area contributed by atoms with E-state index < -0.39 is 17.2 Å². The summed E-state index contributed by atoms with van der Waals surface area (Å²) in [5.74, 6) is -0.686. The third-order valence-electron chi connectivity index (χ3n) is 4.03. The normalized spacial score (nSPS) is 24.5. The number of benzene rings is 1. The highest BCUT2D eigenvalue weighted by atomic mass is 19.1. The van der Waals surface area contributed by atoms with Crippen molar-refractivity contribution in [1.29, 1.82) is 0 Å². The van der Waals surface area contributed by atoms with Gasteiger partial charge in [-0.25, -0.2) is 8.78 Å². The van der Waals surface area contributed by atoms with Crippen molar-refractivity contribution in [3.8, 4) is 0 Å². The third-order valence-corrected chi connectivity index (χ3v) is 4.03. The second-order valence-corrected chi connectivity index (χ2v) is 5.34. The molecule has 6 heteroatoms. The number of halogens is 2. The average molecular weight is 295 g/mol. The first-order valence-electron chi connectivity index (χ1n) is 6.75. The first-order valence-corrected chi connectivity index (χ1v) is 6.75. The maximum atomic E-state index is 13.8. The van der Waals surface area contributed by atoms with Crippen molar-refractivity contribution in [2.75, 3.05) is 12.5 Å². The molecule has 0 unspecified atom stereocenters. The quantitative estimate of drug-likeness (QED) is 0.870. The summed E-state index contributed by atoms with van der Waals surface area (Å²) in [5, 5.41) is 0. The molecule has 1 saturated heterocycles. The molecule has 0 bridgehead atoms. The van der Waals surface area contributed by atoms with Crippen molar-refractivity contribution in [1.82, 2.24) is 0 Å². The first-order chi connectivity index (χ1) is 10.00. The molecule has 0 spiro atoms. The van der Waals surface area contributed by atoms with Crippen LogP contribution in [0.5, 0.6) is 0 Å². The van der Waals surface area contributed by atoms with Gasteiger partial charge in [-0.1, -0.05) is 0 Å². The van der Waals surface area contributed by atoms with E-state index in [1.165, 1.54) is 6.08 Å². The number of carbonyl (C=O) groups is 1. The summed E-state index contributed by atoms with van der Waals surface area (Å²) in [6, 6.07) is 2.09. The summed E-state index contributed by atoms with van der Waals surface area (Å²) in [5.41, 5.74) is 4.65. The monoisotopic (exact) mass is 295 g/mol. The summed E-state index contributed by atoms with van der Waals surface area (Å²) in [6.07, 6.45) is 3.00. The molecule has 21 heavy (non-hydrogen) atoms. The van der Waals surface area contributed by atoms with Crippen LogP contribution in [0.2, 0.25) is 0 Å². The Morgan fingerprint density at radius 1 is 1.29 bits per heavy atom. The predicted molar refractivity (Wildman–Crippen MR) is 71.2 cm³/mol. The number of fused-ring (bicyclic) bond motifs is 1. The molecule has 1 aliphatic carbocycles. The number of hydrogen-bond acceptors (Lipinski definition) is 4. The first kappa shape index (κ1) is 14.0. The van der Waals surface area contributed by atoms with E-state index >= 15 is 0 Å². The Bertz CT molecular complexity index is 630. The zero-order valence-corrected chi connectivity index (χ0v) is 11.3. The Hall–Kier alpha value is -1.95. The van der Waals surface area contributed by atoms with Crippen LogP contribution in [0.15, 0.2) is 24.0 Å². The van der Waals surface area contributed by atoms with Crippen LogP contribution in [0.25, 0.3) is 0 Å². The fraction of sp³-hybridized carbons (Fsp3) is 0.400. The summed E-state index contributed by atoms with van der Waals surface area (Å²) in [7, 11) is 0. The number of carbonyl (C=O) groups excluding carboxylic acids is 1. The molecular weight excluding hydrogens is 280 g/mol. The van der Waals surface area contributed by atoms with Gasteiger partial charge in [-0.3, -0.25) is 4.79 Å². The van der Waals surface area contributed by atoms with Gasteiger partial charge in [0.1, 0.15) is 23.0 Å². The molecule has 1 aromatic carbocycles. The molecule has 0 amide bonds. The topological polar surface area (TPSA) is 61.6 Å². The van der Waals surface area contributed by atoms with Gasteiger partial charge in [-0.15, -0.1) is 0 Å². The Morgan fingerprint density at radius 3 is 2.90 bits per heavy atom. The van der Waals surface area contributed by atoms with Crippen LogP contribution in [0.3, 0.4) is 0 Å². The third kappa shape index (κ3) is 2.51. The minimum Gasteiger partial charge on any atom is -0.469 e. The number of nitrogen functional groups attached to an aromatic ring is 1. The van der Waals surface area contributed by atoms with Gasteiger partial charge in [0, 0.05) is 18.6 Å². The van der Waals surface area contributed by atoms with Crippen LogP contribution in [0.4, 0.5) is 14.5 Å². The Labute approximate surface area is 120 Å². The number of allylic oxidation sites excluding steroid dienone is 1. The lowest BCUT2D eigenvalue weighted by molar-refractivity contribution is -0.117. The number of ketones is 1. The average Bonchev–Trinajstić information content (AvgIpc) is 2.85. The van der Waals surface area contributed by atoms with Crippen molar-refractivity contribution in [3.63, 3.8) is 0 Å². The van der Waals surface area contributed by atoms with Gasteiger partial charge in [-0.05, 0) is 30.9 Å². The van der Waals surface area contributed by atoms with Crippen LogP contribution in [-0.4, -0.2) is 18.2 Å². The Morgan fingerprint density at radius 2 is 2.10 bits per heavy atom. The molecule has 0 radical (unpaired) electrons. The molecular formula is C15H15F2NO3. The number of nitrogens with two attached hydrogens (primary N) is 1. The molecule has 1 atom stereocenters. The van der Waals surface area contributed by atoms with E-state index in [1.807, 2.05) is 0 Å². The molecule has 0 saturated carbocycles. The van der Waals surface area contributed by atoms with Gasteiger partial charge in [0.05, 0.1) is 5.69 Å². The molecule has 2 aliphatic rings. The number of ether oxygens (including phenoxy) is 2. The highest BCUT2D eigenvalue weighted by molar-refractivity contribution is 5.91. The fourth-order valence-electron chi connectivity index (χ4n) is 2.77. The van der Waals surface area contributed by atoms with E-state index in [-0.39, 0.29) is 30.2 Å². The molecule has 3 rings (SSSR count). The molecule has 4 nitrogen and oxygen atoms in total. The molecule has 1 heterocycles. The Balaban J connectivity index is 1.80. The van der Waals surface area contributed by atoms with Crippen LogP contribution in [-0.2, 0) is 20.7 Å². The smallest absolute Gasteiger partial charge is 0.189 e. The van der Waals surface area contributed by atoms with Crippen molar-refractivity contribution in [2.24, 2.45) is 0 Å². The lowest BCUT2D eigenvalue weighted by Crippen LogP contribution is -2.34. The second-order valence-electron chi connectivity index (χ2n) is 5.34. The lowest BCUT2D eigenvalue weighted by Gasteiger charge is -2.29. The minimum atomic E-state index is -0.696. The SMILES string of the molecule is Nc1cc(F)c(CC[C@]23CCC(=O)C=C2OCO3)cc1F. The van der Waals surface area contributed by atoms with Crippen molar-refractivity contribution in [3.05, 3.63) is 41.2 Å². The van der Waals surface area contributed by atoms with Gasteiger partial charge in [-0.2, -0.15) is 0 Å². The van der Waals surface area contributed by atoms with Crippen molar-refractivity contribution in [2.45, 2.75) is 31.3 Å². The highest BCUT2D eigenvalue weighted by Crippen LogP contribution is 2.40. The van der Waals surface area contributed by atoms with Crippen molar-refractivity contribution >= 4 is 11.5 Å². The number of hydrogen-bond donors (Lipinski definition) is 1. The molecule has 1 aromatic rings. The summed E-state index contributed by atoms with van der Waals surface area (Å²) in [4.78, 5) is 11.4. The van der Waals surface area contributed by atoms with Crippen LogP contribution >= 0.6 is 0 Å². The number of rotatable bonds is 3. The maximum Gasteiger partial charge on any atom is 0.189 e. The second kappa shape index (κ2) is 5.11. The lowest BCUT2D eigenvalue weighted by atomic mass is 9.83. The molecule has 112 valence electrons. The number of aryl methyl sites for hydroxylation is 1. The largest absolute Gasteiger partial charge is 0.469 e. The molecule has 1 fully saturated rings. The van der Waals surface area contributed by atoms with Crippen LogP contribution in [0.1, 0.15) is 24.8 Å². The standard InChI is InChI=1S/C15H15F2NO3/c16-11-7-13(18)12(17)5-9(11)1-3-15-4-2-10(19)6-14(15)20-8-21-15/h5-7H,1-4,8,18H2/t15-/m0/s1. The molecule has 0 aromatic heterocycles. The Kier molecular flexibility index (Phi) is 3.41. The number of anilines is 1. The molecule has 1 aliphatic heterocycles. The van der Waals surface area contributed by atoms with Gasteiger partial charge < -0.3 is 15.2 Å². The van der Waals surface area contributed by atoms with E-state index in [4.69, 9.17) is 15.2 Å². The van der Waals surface area contributed by atoms with E-state index in [1.54, 1.807) is 0 Å². The summed E-state index contributed by atoms with van der Waals surface area (Å²) >= 11 is 0. The highest BCUT2D eigenvalue weighted by Gasteiger charge is 2.44. The van der Waals surface area contributed by atoms with E-state index in [9.17, 15) is 13.6 Å². The summed E-state index contributed by atoms with van der Waals surface area (Å²) < 4.78 is 38.2. The van der Waals surface area contributed by atoms with E-state index in [0.29, 0.717) is 25.0 Å². The fourth-order valence-corrected chi connectivity index (χ4v) is 2.77. The van der Waals surface area contributed by atoms with Crippen LogP contribution in [0, 0.1) is 11.6 Å². The van der Waals surface area contributed by atoms with Gasteiger partial charge in [0.25, 0.3) is 0 Å². The van der Waals surface area contributed by atoms with Crippen LogP contribution < -0.4 is 5.73 Å². The zero-order valence-electron chi connectivity index (χ0n) is 11.3. The van der Waals surface area contributed by atoms with Crippen molar-refractivity contribution < 1.29 is 23.0 Å². The molecule has 2 N–H and O–H groups in total. The van der Waals surface area contributed by atoms with Gasteiger partial charge in [0.2, 0.25) is 0 Å². The predicted octanol–water partition coefficient (Wildman–Crippen LogP) is 2.47. The van der Waals surface area contributed by atoms with E-state index in [0.717, 1.165) is 12.1 Å². The zero-order chi connectivity index (χ0) is 15.0. The maximum absolute atomic E-state index is 13.8.